The zero-order valence-corrected chi connectivity index (χ0v) is 20.1. The molecule has 0 aromatic heterocycles. The van der Waals surface area contributed by atoms with E-state index >= 15 is 0 Å². The van der Waals surface area contributed by atoms with Crippen LogP contribution in [-0.4, -0.2) is 16.1 Å². The van der Waals surface area contributed by atoms with Crippen LogP contribution in [0.2, 0.25) is 39.3 Å². The predicted molar refractivity (Wildman–Crippen MR) is 98.2 cm³/mol. The standard InChI is InChI=1S/C14H24Si2.3CH3.Ta/c1-15(2,3)13-9-7-8-10-14(12-11-13)16(4,5)6;;;;/h7-12H,1-6H3;3*1H3;/q;3*-1;. The molecule has 0 aliphatic heterocycles. The predicted octanol–water partition coefficient (Wildman–Crippen LogP) is 5.48. The largest absolute Gasteiger partial charge is 0.358 e. The summed E-state index contributed by atoms with van der Waals surface area (Å²) in [6.07, 6.45) is 13.6. The van der Waals surface area contributed by atoms with Crippen LogP contribution in [0, 0.1) is 71.9 Å². The SMILES string of the molecule is C[Si](C)(C)[C]1[CH][CH][CH][CH][C]([Si](C)(C)C)[CH][CH]1.[CH3-].[CH3-].[CH3-].[Ta]. The van der Waals surface area contributed by atoms with Gasteiger partial charge in [0.25, 0.3) is 0 Å². The summed E-state index contributed by atoms with van der Waals surface area (Å²) in [6, 6.07) is 0. The molecule has 0 saturated heterocycles. The monoisotopic (exact) mass is 474 g/mol. The minimum Gasteiger partial charge on any atom is -0.358 e. The van der Waals surface area contributed by atoms with Gasteiger partial charge in [0, 0.05) is 22.4 Å². The van der Waals surface area contributed by atoms with Crippen LogP contribution in [0.5, 0.6) is 0 Å². The molecule has 1 aliphatic carbocycles. The van der Waals surface area contributed by atoms with Gasteiger partial charge in [0.2, 0.25) is 0 Å². The molecule has 0 heterocycles. The Balaban J connectivity index is -0.000000320. The molecule has 0 bridgehead atoms. The van der Waals surface area contributed by atoms with Crippen molar-refractivity contribution < 1.29 is 22.4 Å². The van der Waals surface area contributed by atoms with Crippen molar-refractivity contribution in [3.05, 3.63) is 71.9 Å². The molecule has 1 saturated carbocycles. The van der Waals surface area contributed by atoms with Gasteiger partial charge in [-0.3, -0.25) is 0 Å². The van der Waals surface area contributed by atoms with Gasteiger partial charge in [-0.05, 0) is 49.6 Å². The molecular formula is C17H33Si2Ta-3. The van der Waals surface area contributed by atoms with Crippen LogP contribution < -0.4 is 0 Å². The summed E-state index contributed by atoms with van der Waals surface area (Å²) in [6.45, 7) is 14.4. The van der Waals surface area contributed by atoms with Gasteiger partial charge in [-0.1, -0.05) is 39.3 Å². The van der Waals surface area contributed by atoms with Gasteiger partial charge in [0.15, 0.2) is 0 Å². The third-order valence-electron chi connectivity index (χ3n) is 2.84. The second kappa shape index (κ2) is 11.7. The van der Waals surface area contributed by atoms with Crippen LogP contribution in [0.4, 0.5) is 0 Å². The molecule has 0 aromatic carbocycles. The fourth-order valence-electron chi connectivity index (χ4n) is 1.61. The molecule has 117 valence electrons. The maximum absolute atomic E-state index is 2.40. The Kier molecular flexibility index (Phi) is 17.1. The maximum Gasteiger partial charge on any atom is 0.0516 e. The van der Waals surface area contributed by atoms with Gasteiger partial charge < -0.3 is 22.3 Å². The van der Waals surface area contributed by atoms with E-state index in [2.05, 4.69) is 77.8 Å². The van der Waals surface area contributed by atoms with Gasteiger partial charge in [0.1, 0.15) is 0 Å². The van der Waals surface area contributed by atoms with E-state index < -0.39 is 16.1 Å². The Bertz CT molecular complexity index is 192. The topological polar surface area (TPSA) is 0 Å². The van der Waals surface area contributed by atoms with Crippen LogP contribution in [-0.2, 0) is 22.4 Å². The van der Waals surface area contributed by atoms with Gasteiger partial charge in [-0.2, -0.15) is 0 Å². The normalized spacial score (nSPS) is 18.3. The van der Waals surface area contributed by atoms with Gasteiger partial charge in [0.05, 0.1) is 16.1 Å². The molecule has 0 unspecified atom stereocenters. The van der Waals surface area contributed by atoms with Gasteiger partial charge in [-0.15, -0.1) is 0 Å². The van der Waals surface area contributed by atoms with E-state index in [0.29, 0.717) is 0 Å². The van der Waals surface area contributed by atoms with E-state index in [0.717, 1.165) is 0 Å². The first kappa shape index (κ1) is 29.2. The minimum atomic E-state index is -1.19. The Hall–Kier alpha value is 1.17. The summed E-state index contributed by atoms with van der Waals surface area (Å²) in [5, 5.41) is 0. The number of hydrogen-bond donors (Lipinski definition) is 0. The quantitative estimate of drug-likeness (QED) is 0.367. The molecular weight excluding hydrogens is 441 g/mol. The molecule has 3 heteroatoms. The third kappa shape index (κ3) is 9.99. The average Bonchev–Trinajstić information content (AvgIpc) is 1.96. The second-order valence-electron chi connectivity index (χ2n) is 6.46. The fourth-order valence-corrected chi connectivity index (χ4v) is 3.97. The first-order valence-electron chi connectivity index (χ1n) is 5.99. The summed E-state index contributed by atoms with van der Waals surface area (Å²) >= 11 is 0. The molecule has 20 heavy (non-hydrogen) atoms. The van der Waals surface area contributed by atoms with Gasteiger partial charge >= 0.3 is 0 Å². The van der Waals surface area contributed by atoms with E-state index in [1.807, 2.05) is 0 Å². The first-order chi connectivity index (χ1) is 7.21. The van der Waals surface area contributed by atoms with Crippen molar-refractivity contribution in [3.8, 4) is 0 Å². The smallest absolute Gasteiger partial charge is 0.0516 e. The summed E-state index contributed by atoms with van der Waals surface area (Å²) < 4.78 is 0. The zero-order chi connectivity index (χ0) is 12.4. The van der Waals surface area contributed by atoms with Crippen LogP contribution in [0.15, 0.2) is 0 Å². The van der Waals surface area contributed by atoms with Crippen LogP contribution in [0.3, 0.4) is 0 Å². The molecule has 0 aromatic rings. The first-order valence-corrected chi connectivity index (χ1v) is 13.0. The maximum atomic E-state index is 2.40. The van der Waals surface area contributed by atoms with E-state index in [4.69, 9.17) is 0 Å². The van der Waals surface area contributed by atoms with Crippen LogP contribution in [0.1, 0.15) is 0 Å². The van der Waals surface area contributed by atoms with Crippen molar-refractivity contribution in [1.29, 1.82) is 0 Å². The molecule has 1 rings (SSSR count). The Labute approximate surface area is 149 Å². The second-order valence-corrected chi connectivity index (χ2v) is 16.6. The summed E-state index contributed by atoms with van der Waals surface area (Å²) in [5.74, 6) is 0. The van der Waals surface area contributed by atoms with Gasteiger partial charge in [-0.25, -0.2) is 0 Å². The van der Waals surface area contributed by atoms with Crippen molar-refractivity contribution in [2.45, 2.75) is 39.3 Å². The summed E-state index contributed by atoms with van der Waals surface area (Å²) in [5.41, 5.74) is 3.07. The van der Waals surface area contributed by atoms with Crippen molar-refractivity contribution in [2.24, 2.45) is 0 Å². The molecule has 0 spiro atoms. The summed E-state index contributed by atoms with van der Waals surface area (Å²) in [7, 11) is -2.38. The molecule has 0 nitrogen and oxygen atoms in total. The minimum absolute atomic E-state index is 0. The van der Waals surface area contributed by atoms with E-state index in [1.54, 1.807) is 0 Å². The van der Waals surface area contributed by atoms with Crippen LogP contribution in [0.25, 0.3) is 0 Å². The molecule has 1 aliphatic rings. The molecule has 0 amide bonds. The fraction of sp³-hybridized carbons (Fsp3) is 0.353. The van der Waals surface area contributed by atoms with Crippen molar-refractivity contribution in [3.63, 3.8) is 0 Å². The third-order valence-corrected chi connectivity index (χ3v) is 6.97. The Morgan fingerprint density at radius 2 is 0.800 bits per heavy atom. The summed E-state index contributed by atoms with van der Waals surface area (Å²) in [4.78, 5) is 0. The number of rotatable bonds is 2. The Morgan fingerprint density at radius 1 is 0.550 bits per heavy atom. The molecule has 0 N–H and O–H groups in total. The van der Waals surface area contributed by atoms with E-state index in [-0.39, 0.29) is 44.7 Å². The van der Waals surface area contributed by atoms with E-state index in [9.17, 15) is 0 Å². The zero-order valence-electron chi connectivity index (χ0n) is 14.9. The van der Waals surface area contributed by atoms with Crippen molar-refractivity contribution in [2.75, 3.05) is 0 Å². The van der Waals surface area contributed by atoms with Crippen molar-refractivity contribution >= 4 is 16.1 Å². The number of hydrogen-bond acceptors (Lipinski definition) is 0. The molecule has 0 atom stereocenters. The molecule has 9 radical (unpaired) electrons. The van der Waals surface area contributed by atoms with Crippen molar-refractivity contribution in [1.82, 2.24) is 0 Å². The average molecular weight is 475 g/mol. The van der Waals surface area contributed by atoms with Crippen LogP contribution >= 0.6 is 0 Å². The molecule has 1 fully saturated rings. The van der Waals surface area contributed by atoms with E-state index in [1.165, 1.54) is 11.1 Å². The Morgan fingerprint density at radius 3 is 1.00 bits per heavy atom.